The summed E-state index contributed by atoms with van der Waals surface area (Å²) in [6, 6.07) is 8.23. The summed E-state index contributed by atoms with van der Waals surface area (Å²) >= 11 is 0. The van der Waals surface area contributed by atoms with Crippen molar-refractivity contribution in [1.82, 2.24) is 0 Å². The molecule has 4 fully saturated rings. The first kappa shape index (κ1) is 12.7. The highest BCUT2D eigenvalue weighted by Gasteiger charge is 2.51. The summed E-state index contributed by atoms with van der Waals surface area (Å²) in [7, 11) is 0. The van der Waals surface area contributed by atoms with E-state index in [0.29, 0.717) is 0 Å². The highest BCUT2D eigenvalue weighted by molar-refractivity contribution is 5.44. The van der Waals surface area contributed by atoms with Crippen LogP contribution in [0.3, 0.4) is 0 Å². The third kappa shape index (κ3) is 2.23. The Bertz CT molecular complexity index is 464. The van der Waals surface area contributed by atoms with Crippen molar-refractivity contribution >= 4 is 5.69 Å². The minimum absolute atomic E-state index is 0.195. The van der Waals surface area contributed by atoms with Gasteiger partial charge in [-0.2, -0.15) is 0 Å². The fourth-order valence-corrected chi connectivity index (χ4v) is 5.20. The molecule has 20 heavy (non-hydrogen) atoms. The second-order valence-corrected chi connectivity index (χ2v) is 7.23. The normalized spacial score (nSPS) is 38.1. The molecule has 0 aliphatic heterocycles. The minimum atomic E-state index is 0.195. The van der Waals surface area contributed by atoms with Crippen LogP contribution in [0.25, 0.3) is 0 Å². The molecule has 108 valence electrons. The Labute approximate surface area is 120 Å². The number of ether oxygens (including phenoxy) is 1. The molecule has 0 aromatic heterocycles. The van der Waals surface area contributed by atoms with Crippen LogP contribution >= 0.6 is 0 Å². The zero-order valence-electron chi connectivity index (χ0n) is 12.0. The summed E-state index contributed by atoms with van der Waals surface area (Å²) in [5.74, 6) is 8.30. The molecule has 4 aliphatic carbocycles. The maximum Gasteiger partial charge on any atom is 0.0725 e. The largest absolute Gasteiger partial charge is 0.370 e. The predicted octanol–water partition coefficient (Wildman–Crippen LogP) is 3.46. The van der Waals surface area contributed by atoms with Crippen LogP contribution in [0.2, 0.25) is 0 Å². The van der Waals surface area contributed by atoms with Crippen molar-refractivity contribution in [3.05, 3.63) is 29.8 Å². The molecule has 0 amide bonds. The van der Waals surface area contributed by atoms with E-state index in [0.717, 1.165) is 30.0 Å². The number of hydrogen-bond acceptors (Lipinski definition) is 3. The van der Waals surface area contributed by atoms with Gasteiger partial charge in [-0.25, -0.2) is 0 Å². The SMILES string of the molecule is NNc1cccc(COC23CC4CC(CC(C4)C2)C3)c1. The van der Waals surface area contributed by atoms with E-state index in [2.05, 4.69) is 17.6 Å². The molecule has 0 unspecified atom stereocenters. The minimum Gasteiger partial charge on any atom is -0.370 e. The molecule has 0 radical (unpaired) electrons. The van der Waals surface area contributed by atoms with E-state index in [9.17, 15) is 0 Å². The van der Waals surface area contributed by atoms with Crippen molar-refractivity contribution < 1.29 is 4.74 Å². The maximum absolute atomic E-state index is 6.46. The van der Waals surface area contributed by atoms with E-state index in [-0.39, 0.29) is 5.60 Å². The van der Waals surface area contributed by atoms with E-state index < -0.39 is 0 Å². The quantitative estimate of drug-likeness (QED) is 0.652. The summed E-state index contributed by atoms with van der Waals surface area (Å²) in [5, 5.41) is 0. The molecule has 3 N–H and O–H groups in total. The van der Waals surface area contributed by atoms with Crippen LogP contribution in [-0.2, 0) is 11.3 Å². The van der Waals surface area contributed by atoms with Gasteiger partial charge in [-0.15, -0.1) is 0 Å². The average Bonchev–Trinajstić information content (AvgIpc) is 2.44. The van der Waals surface area contributed by atoms with Crippen LogP contribution in [0, 0.1) is 17.8 Å². The summed E-state index contributed by atoms with van der Waals surface area (Å²) in [4.78, 5) is 0. The number of nitrogens with one attached hydrogen (secondary N) is 1. The van der Waals surface area contributed by atoms with Crippen molar-refractivity contribution in [1.29, 1.82) is 0 Å². The van der Waals surface area contributed by atoms with E-state index >= 15 is 0 Å². The molecular weight excluding hydrogens is 248 g/mol. The summed E-state index contributed by atoms with van der Waals surface area (Å²) in [6.07, 6.45) is 8.30. The number of anilines is 1. The van der Waals surface area contributed by atoms with Gasteiger partial charge >= 0.3 is 0 Å². The van der Waals surface area contributed by atoms with Crippen molar-refractivity contribution in [2.45, 2.75) is 50.7 Å². The van der Waals surface area contributed by atoms with Crippen molar-refractivity contribution in [2.24, 2.45) is 23.6 Å². The van der Waals surface area contributed by atoms with E-state index in [1.54, 1.807) is 0 Å². The third-order valence-electron chi connectivity index (χ3n) is 5.62. The average molecular weight is 272 g/mol. The second kappa shape index (κ2) is 4.74. The Morgan fingerprint density at radius 3 is 2.35 bits per heavy atom. The van der Waals surface area contributed by atoms with Gasteiger partial charge in [0.25, 0.3) is 0 Å². The first-order chi connectivity index (χ1) is 9.75. The Morgan fingerprint density at radius 1 is 1.10 bits per heavy atom. The highest BCUT2D eigenvalue weighted by atomic mass is 16.5. The number of rotatable bonds is 4. The second-order valence-electron chi connectivity index (χ2n) is 7.23. The fourth-order valence-electron chi connectivity index (χ4n) is 5.20. The highest BCUT2D eigenvalue weighted by Crippen LogP contribution is 2.57. The molecule has 3 nitrogen and oxygen atoms in total. The van der Waals surface area contributed by atoms with Gasteiger partial charge in [-0.1, -0.05) is 12.1 Å². The van der Waals surface area contributed by atoms with Gasteiger partial charge < -0.3 is 10.2 Å². The molecule has 0 saturated heterocycles. The van der Waals surface area contributed by atoms with Crippen LogP contribution in [0.5, 0.6) is 0 Å². The van der Waals surface area contributed by atoms with Gasteiger partial charge in [0.05, 0.1) is 12.2 Å². The van der Waals surface area contributed by atoms with Crippen LogP contribution in [0.15, 0.2) is 24.3 Å². The molecular formula is C17H24N2O. The standard InChI is InChI=1S/C17H24N2O/c18-19-16-3-1-2-12(7-16)11-20-17-8-13-4-14(9-17)6-15(5-13)10-17/h1-3,7,13-15,19H,4-6,8-11,18H2. The number of nitrogen functional groups attached to an aromatic ring is 1. The smallest absolute Gasteiger partial charge is 0.0725 e. The number of benzene rings is 1. The Kier molecular flexibility index (Phi) is 3.00. The molecule has 0 spiro atoms. The molecule has 4 aliphatic rings. The van der Waals surface area contributed by atoms with Crippen molar-refractivity contribution in [3.63, 3.8) is 0 Å². The molecule has 3 heteroatoms. The topological polar surface area (TPSA) is 47.3 Å². The zero-order valence-corrected chi connectivity index (χ0v) is 12.0. The van der Waals surface area contributed by atoms with Gasteiger partial charge in [-0.3, -0.25) is 5.84 Å². The summed E-state index contributed by atoms with van der Waals surface area (Å²) in [5.41, 5.74) is 5.07. The van der Waals surface area contributed by atoms with Gasteiger partial charge in [-0.05, 0) is 74.0 Å². The lowest BCUT2D eigenvalue weighted by Gasteiger charge is -2.56. The van der Waals surface area contributed by atoms with E-state index in [1.807, 2.05) is 12.1 Å². The van der Waals surface area contributed by atoms with Gasteiger partial charge in [0.15, 0.2) is 0 Å². The number of hydrazine groups is 1. The van der Waals surface area contributed by atoms with E-state index in [4.69, 9.17) is 10.6 Å². The third-order valence-corrected chi connectivity index (χ3v) is 5.62. The van der Waals surface area contributed by atoms with Gasteiger partial charge in [0.2, 0.25) is 0 Å². The Hall–Kier alpha value is -1.06. The maximum atomic E-state index is 6.46. The van der Waals surface area contributed by atoms with Crippen molar-refractivity contribution in [3.8, 4) is 0 Å². The van der Waals surface area contributed by atoms with Gasteiger partial charge in [0, 0.05) is 5.69 Å². The summed E-state index contributed by atoms with van der Waals surface area (Å²) in [6.45, 7) is 0.724. The van der Waals surface area contributed by atoms with E-state index in [1.165, 1.54) is 44.1 Å². The van der Waals surface area contributed by atoms with Crippen LogP contribution < -0.4 is 11.3 Å². The molecule has 4 bridgehead atoms. The first-order valence-corrected chi connectivity index (χ1v) is 7.94. The van der Waals surface area contributed by atoms with Gasteiger partial charge in [0.1, 0.15) is 0 Å². The zero-order chi connectivity index (χ0) is 13.6. The molecule has 0 heterocycles. The Balaban J connectivity index is 1.46. The Morgan fingerprint density at radius 2 is 1.75 bits per heavy atom. The number of hydrogen-bond donors (Lipinski definition) is 2. The molecule has 1 aromatic rings. The first-order valence-electron chi connectivity index (χ1n) is 7.94. The van der Waals surface area contributed by atoms with Crippen LogP contribution in [0.1, 0.15) is 44.1 Å². The molecule has 1 aromatic carbocycles. The van der Waals surface area contributed by atoms with Crippen molar-refractivity contribution in [2.75, 3.05) is 5.43 Å². The summed E-state index contributed by atoms with van der Waals surface area (Å²) < 4.78 is 6.46. The van der Waals surface area contributed by atoms with Crippen LogP contribution in [0.4, 0.5) is 5.69 Å². The van der Waals surface area contributed by atoms with Crippen LogP contribution in [-0.4, -0.2) is 5.60 Å². The molecule has 5 rings (SSSR count). The lowest BCUT2D eigenvalue weighted by Crippen LogP contribution is -2.51. The monoisotopic (exact) mass is 272 g/mol. The molecule has 4 saturated carbocycles. The number of nitrogens with two attached hydrogens (primary N) is 1. The predicted molar refractivity (Wildman–Crippen MR) is 79.9 cm³/mol. The molecule has 0 atom stereocenters. The lowest BCUT2D eigenvalue weighted by atomic mass is 9.54. The fraction of sp³-hybridized carbons (Fsp3) is 0.647. The lowest BCUT2D eigenvalue weighted by molar-refractivity contribution is -0.168.